The highest BCUT2D eigenvalue weighted by molar-refractivity contribution is 6.33. The lowest BCUT2D eigenvalue weighted by molar-refractivity contribution is -0.138. The van der Waals surface area contributed by atoms with Crippen LogP contribution in [0.2, 0.25) is 5.02 Å². The first-order valence-corrected chi connectivity index (χ1v) is 5.64. The van der Waals surface area contributed by atoms with E-state index >= 15 is 0 Å². The van der Waals surface area contributed by atoms with E-state index in [0.717, 1.165) is 0 Å². The van der Waals surface area contributed by atoms with Crippen molar-refractivity contribution in [3.05, 3.63) is 28.8 Å². The van der Waals surface area contributed by atoms with Gasteiger partial charge < -0.3 is 15.2 Å². The molecule has 1 atom stereocenters. The standard InChI is InChI=1S/C12H13ClN2O3/c1-18-5-4-11(12(16)17)15-10-3-2-8(7-14)6-9(10)13/h2-3,6,11,15H,4-5H2,1H3,(H,16,17). The maximum absolute atomic E-state index is 11.0. The Labute approximate surface area is 110 Å². The fraction of sp³-hybridized carbons (Fsp3) is 0.333. The third-order valence-corrected chi connectivity index (χ3v) is 2.65. The van der Waals surface area contributed by atoms with Crippen molar-refractivity contribution in [3.63, 3.8) is 0 Å². The molecule has 1 rings (SSSR count). The minimum Gasteiger partial charge on any atom is -0.480 e. The second kappa shape index (κ2) is 6.84. The van der Waals surface area contributed by atoms with E-state index in [1.807, 2.05) is 6.07 Å². The van der Waals surface area contributed by atoms with Crippen LogP contribution in [0.1, 0.15) is 12.0 Å². The van der Waals surface area contributed by atoms with Crippen LogP contribution in [0.25, 0.3) is 0 Å². The van der Waals surface area contributed by atoms with Crippen molar-refractivity contribution in [2.75, 3.05) is 19.0 Å². The van der Waals surface area contributed by atoms with E-state index in [-0.39, 0.29) is 0 Å². The van der Waals surface area contributed by atoms with Crippen LogP contribution in [0, 0.1) is 11.3 Å². The Morgan fingerprint density at radius 2 is 2.39 bits per heavy atom. The van der Waals surface area contributed by atoms with Crippen LogP contribution in [0.15, 0.2) is 18.2 Å². The first-order chi connectivity index (χ1) is 8.58. The summed E-state index contributed by atoms with van der Waals surface area (Å²) in [5, 5.41) is 20.9. The van der Waals surface area contributed by atoms with Crippen LogP contribution in [0.3, 0.4) is 0 Å². The number of nitriles is 1. The van der Waals surface area contributed by atoms with Crippen molar-refractivity contribution in [2.24, 2.45) is 0 Å². The average molecular weight is 269 g/mol. The quantitative estimate of drug-likeness (QED) is 0.826. The Morgan fingerprint density at radius 1 is 1.67 bits per heavy atom. The molecule has 1 unspecified atom stereocenters. The number of rotatable bonds is 6. The van der Waals surface area contributed by atoms with Crippen LogP contribution in [-0.4, -0.2) is 30.8 Å². The molecule has 0 radical (unpaired) electrons. The predicted molar refractivity (Wildman–Crippen MR) is 67.7 cm³/mol. The smallest absolute Gasteiger partial charge is 0.326 e. The van der Waals surface area contributed by atoms with Gasteiger partial charge in [0.15, 0.2) is 0 Å². The van der Waals surface area contributed by atoms with E-state index in [1.54, 1.807) is 12.1 Å². The fourth-order valence-corrected chi connectivity index (χ4v) is 1.62. The summed E-state index contributed by atoms with van der Waals surface area (Å²) in [6, 6.07) is 5.82. The largest absolute Gasteiger partial charge is 0.480 e. The minimum atomic E-state index is -0.979. The zero-order valence-electron chi connectivity index (χ0n) is 9.81. The number of carboxylic acids is 1. The Bertz CT molecular complexity index is 471. The Hall–Kier alpha value is -1.77. The van der Waals surface area contributed by atoms with Gasteiger partial charge in [-0.15, -0.1) is 0 Å². The van der Waals surface area contributed by atoms with Gasteiger partial charge in [0.1, 0.15) is 6.04 Å². The zero-order valence-corrected chi connectivity index (χ0v) is 10.6. The number of carboxylic acid groups (broad SMARTS) is 1. The van der Waals surface area contributed by atoms with Crippen LogP contribution < -0.4 is 5.32 Å². The molecular weight excluding hydrogens is 256 g/mol. The number of methoxy groups -OCH3 is 1. The van der Waals surface area contributed by atoms with Crippen LogP contribution in [-0.2, 0) is 9.53 Å². The molecule has 6 heteroatoms. The van der Waals surface area contributed by atoms with Gasteiger partial charge in [-0.2, -0.15) is 5.26 Å². The van der Waals surface area contributed by atoms with E-state index < -0.39 is 12.0 Å². The molecule has 0 saturated heterocycles. The first-order valence-electron chi connectivity index (χ1n) is 5.26. The van der Waals surface area contributed by atoms with E-state index in [0.29, 0.717) is 29.3 Å². The zero-order chi connectivity index (χ0) is 13.5. The molecule has 0 fully saturated rings. The molecule has 96 valence electrons. The predicted octanol–water partition coefficient (Wildman–Crippen LogP) is 2.11. The van der Waals surface area contributed by atoms with E-state index in [9.17, 15) is 4.79 Å². The highest BCUT2D eigenvalue weighted by Crippen LogP contribution is 2.24. The Morgan fingerprint density at radius 3 is 2.89 bits per heavy atom. The van der Waals surface area contributed by atoms with Gasteiger partial charge in [0.05, 0.1) is 22.3 Å². The molecule has 0 aliphatic heterocycles. The number of nitrogens with zero attached hydrogens (tertiary/aromatic N) is 1. The van der Waals surface area contributed by atoms with Gasteiger partial charge in [0, 0.05) is 20.1 Å². The summed E-state index contributed by atoms with van der Waals surface area (Å²) in [5.74, 6) is -0.979. The van der Waals surface area contributed by atoms with Crippen molar-refractivity contribution in [2.45, 2.75) is 12.5 Å². The van der Waals surface area contributed by atoms with Crippen molar-refractivity contribution in [3.8, 4) is 6.07 Å². The summed E-state index contributed by atoms with van der Waals surface area (Å²) in [5.41, 5.74) is 0.911. The fourth-order valence-electron chi connectivity index (χ4n) is 1.38. The molecule has 1 aromatic carbocycles. The van der Waals surface area contributed by atoms with Crippen molar-refractivity contribution in [1.82, 2.24) is 0 Å². The molecule has 0 aliphatic carbocycles. The summed E-state index contributed by atoms with van der Waals surface area (Å²) in [4.78, 5) is 11.0. The SMILES string of the molecule is COCCC(Nc1ccc(C#N)cc1Cl)C(=O)O. The molecule has 0 spiro atoms. The molecule has 5 nitrogen and oxygen atoms in total. The third-order valence-electron chi connectivity index (χ3n) is 2.34. The van der Waals surface area contributed by atoms with Gasteiger partial charge in [-0.05, 0) is 18.2 Å². The lowest BCUT2D eigenvalue weighted by atomic mass is 10.1. The van der Waals surface area contributed by atoms with E-state index in [1.165, 1.54) is 13.2 Å². The highest BCUT2D eigenvalue weighted by atomic mass is 35.5. The second-order valence-electron chi connectivity index (χ2n) is 3.62. The van der Waals surface area contributed by atoms with Gasteiger partial charge >= 0.3 is 5.97 Å². The normalized spacial score (nSPS) is 11.6. The Kier molecular flexibility index (Phi) is 5.43. The van der Waals surface area contributed by atoms with Crippen molar-refractivity contribution >= 4 is 23.3 Å². The number of carbonyl (C=O) groups is 1. The number of anilines is 1. The molecule has 1 aromatic rings. The first kappa shape index (κ1) is 14.3. The number of halogens is 1. The lowest BCUT2D eigenvalue weighted by Gasteiger charge is -2.16. The van der Waals surface area contributed by atoms with Gasteiger partial charge in [0.25, 0.3) is 0 Å². The molecule has 0 heterocycles. The lowest BCUT2D eigenvalue weighted by Crippen LogP contribution is -2.30. The van der Waals surface area contributed by atoms with Gasteiger partial charge in [-0.25, -0.2) is 4.79 Å². The number of hydrogen-bond acceptors (Lipinski definition) is 4. The average Bonchev–Trinajstić information content (AvgIpc) is 2.35. The van der Waals surface area contributed by atoms with E-state index in [4.69, 9.17) is 26.7 Å². The third kappa shape index (κ3) is 3.91. The number of aliphatic carboxylic acids is 1. The monoisotopic (exact) mass is 268 g/mol. The summed E-state index contributed by atoms with van der Waals surface area (Å²) in [7, 11) is 1.51. The number of benzene rings is 1. The highest BCUT2D eigenvalue weighted by Gasteiger charge is 2.17. The van der Waals surface area contributed by atoms with Gasteiger partial charge in [-0.3, -0.25) is 0 Å². The van der Waals surface area contributed by atoms with Gasteiger partial charge in [-0.1, -0.05) is 11.6 Å². The Balaban J connectivity index is 2.81. The van der Waals surface area contributed by atoms with Crippen molar-refractivity contribution in [1.29, 1.82) is 5.26 Å². The van der Waals surface area contributed by atoms with Gasteiger partial charge in [0.2, 0.25) is 0 Å². The summed E-state index contributed by atoms with van der Waals surface area (Å²) in [6.07, 6.45) is 0.322. The van der Waals surface area contributed by atoms with Crippen LogP contribution >= 0.6 is 11.6 Å². The topological polar surface area (TPSA) is 82.3 Å². The van der Waals surface area contributed by atoms with Crippen molar-refractivity contribution < 1.29 is 14.6 Å². The molecule has 18 heavy (non-hydrogen) atoms. The maximum atomic E-state index is 11.0. The summed E-state index contributed by atoms with van der Waals surface area (Å²) < 4.78 is 4.85. The number of nitrogens with one attached hydrogen (secondary N) is 1. The summed E-state index contributed by atoms with van der Waals surface area (Å²) in [6.45, 7) is 0.331. The molecule has 0 saturated carbocycles. The molecule has 0 aliphatic rings. The van der Waals surface area contributed by atoms with Crippen LogP contribution in [0.4, 0.5) is 5.69 Å². The molecule has 0 aromatic heterocycles. The number of hydrogen-bond donors (Lipinski definition) is 2. The molecule has 0 bridgehead atoms. The molecule has 2 N–H and O–H groups in total. The molecular formula is C12H13ClN2O3. The van der Waals surface area contributed by atoms with Crippen LogP contribution in [0.5, 0.6) is 0 Å². The van der Waals surface area contributed by atoms with E-state index in [2.05, 4.69) is 5.32 Å². The second-order valence-corrected chi connectivity index (χ2v) is 4.03. The summed E-state index contributed by atoms with van der Waals surface area (Å²) >= 11 is 5.95. The molecule has 0 amide bonds. The minimum absolute atomic E-state index is 0.317. The number of ether oxygens (including phenoxy) is 1. The maximum Gasteiger partial charge on any atom is 0.326 e.